The van der Waals surface area contributed by atoms with Crippen LogP contribution in [-0.4, -0.2) is 86.6 Å². The molecule has 1 atom stereocenters. The fourth-order valence-electron chi connectivity index (χ4n) is 3.96. The van der Waals surface area contributed by atoms with Gasteiger partial charge in [-0.25, -0.2) is 4.39 Å². The van der Waals surface area contributed by atoms with Crippen LogP contribution < -0.4 is 4.90 Å². The SMILES string of the molecule is CN1CC[C@@H](N(C)CCC(=O)N2CCCN(c3ccc(F)cc3)CC2)C1. The van der Waals surface area contributed by atoms with Crippen LogP contribution in [0.15, 0.2) is 24.3 Å². The summed E-state index contributed by atoms with van der Waals surface area (Å²) < 4.78 is 13.1. The Morgan fingerprint density at radius 2 is 1.92 bits per heavy atom. The van der Waals surface area contributed by atoms with Gasteiger partial charge in [-0.15, -0.1) is 0 Å². The van der Waals surface area contributed by atoms with Gasteiger partial charge in [-0.1, -0.05) is 0 Å². The zero-order valence-electron chi connectivity index (χ0n) is 16.0. The number of carbonyl (C=O) groups excluding carboxylic acids is 1. The number of hydrogen-bond donors (Lipinski definition) is 0. The van der Waals surface area contributed by atoms with Crippen molar-refractivity contribution in [2.24, 2.45) is 0 Å². The van der Waals surface area contributed by atoms with Crippen molar-refractivity contribution in [2.45, 2.75) is 25.3 Å². The van der Waals surface area contributed by atoms with Crippen molar-refractivity contribution in [3.05, 3.63) is 30.1 Å². The molecule has 2 heterocycles. The Labute approximate surface area is 156 Å². The predicted octanol–water partition coefficient (Wildman–Crippen LogP) is 1.89. The molecule has 1 amide bonds. The number of nitrogens with zero attached hydrogens (tertiary/aromatic N) is 4. The monoisotopic (exact) mass is 362 g/mol. The molecule has 0 aromatic heterocycles. The lowest BCUT2D eigenvalue weighted by Crippen LogP contribution is -2.39. The van der Waals surface area contributed by atoms with E-state index in [9.17, 15) is 9.18 Å². The molecular formula is C20H31FN4O. The molecule has 26 heavy (non-hydrogen) atoms. The predicted molar refractivity (Wildman–Crippen MR) is 103 cm³/mol. The fraction of sp³-hybridized carbons (Fsp3) is 0.650. The number of likely N-dealkylation sites (N-methyl/N-ethyl adjacent to an activating group) is 2. The van der Waals surface area contributed by atoms with Gasteiger partial charge in [-0.2, -0.15) is 0 Å². The number of carbonyl (C=O) groups is 1. The molecule has 2 saturated heterocycles. The first-order valence-electron chi connectivity index (χ1n) is 9.70. The molecule has 0 spiro atoms. The third-order valence-corrected chi connectivity index (χ3v) is 5.71. The van der Waals surface area contributed by atoms with Crippen molar-refractivity contribution in [3.63, 3.8) is 0 Å². The van der Waals surface area contributed by atoms with Gasteiger partial charge >= 0.3 is 0 Å². The molecule has 0 saturated carbocycles. The molecule has 2 aliphatic rings. The third kappa shape index (κ3) is 4.95. The van der Waals surface area contributed by atoms with Crippen LogP contribution in [0, 0.1) is 5.82 Å². The minimum atomic E-state index is -0.210. The summed E-state index contributed by atoms with van der Waals surface area (Å²) in [6.45, 7) is 6.34. The standard InChI is InChI=1S/C20H31FN4O/c1-22-12-8-19(16-22)23(2)13-9-20(26)25-11-3-10-24(14-15-25)18-6-4-17(21)5-7-18/h4-7,19H,3,8-16H2,1-2H3/t19-/m1/s1. The summed E-state index contributed by atoms with van der Waals surface area (Å²) in [4.78, 5) is 21.6. The number of likely N-dealkylation sites (tertiary alicyclic amines) is 1. The lowest BCUT2D eigenvalue weighted by Gasteiger charge is -2.26. The quantitative estimate of drug-likeness (QED) is 0.800. The first kappa shape index (κ1) is 19.1. The summed E-state index contributed by atoms with van der Waals surface area (Å²) >= 11 is 0. The molecule has 2 aliphatic heterocycles. The smallest absolute Gasteiger partial charge is 0.223 e. The van der Waals surface area contributed by atoms with E-state index in [1.54, 1.807) is 0 Å². The Kier molecular flexibility index (Phi) is 6.48. The Morgan fingerprint density at radius 1 is 1.15 bits per heavy atom. The van der Waals surface area contributed by atoms with Crippen molar-refractivity contribution in [3.8, 4) is 0 Å². The normalized spacial score (nSPS) is 22.1. The summed E-state index contributed by atoms with van der Waals surface area (Å²) in [6.07, 6.45) is 2.73. The average Bonchev–Trinajstić information content (AvgIpc) is 2.92. The number of benzene rings is 1. The highest BCUT2D eigenvalue weighted by Gasteiger charge is 2.24. The highest BCUT2D eigenvalue weighted by molar-refractivity contribution is 5.76. The van der Waals surface area contributed by atoms with Crippen molar-refractivity contribution in [1.82, 2.24) is 14.7 Å². The van der Waals surface area contributed by atoms with E-state index >= 15 is 0 Å². The van der Waals surface area contributed by atoms with Crippen molar-refractivity contribution in [2.75, 3.05) is 64.8 Å². The van der Waals surface area contributed by atoms with Crippen molar-refractivity contribution in [1.29, 1.82) is 0 Å². The lowest BCUT2D eigenvalue weighted by molar-refractivity contribution is -0.131. The van der Waals surface area contributed by atoms with Crippen LogP contribution in [-0.2, 0) is 4.79 Å². The summed E-state index contributed by atoms with van der Waals surface area (Å²) in [5.41, 5.74) is 1.03. The molecule has 0 bridgehead atoms. The van der Waals surface area contributed by atoms with Gasteiger partial charge in [-0.05, 0) is 57.7 Å². The van der Waals surface area contributed by atoms with Crippen LogP contribution >= 0.6 is 0 Å². The largest absolute Gasteiger partial charge is 0.370 e. The second-order valence-electron chi connectivity index (χ2n) is 7.63. The molecular weight excluding hydrogens is 331 g/mol. The molecule has 0 radical (unpaired) electrons. The average molecular weight is 362 g/mol. The molecule has 144 valence electrons. The van der Waals surface area contributed by atoms with E-state index in [4.69, 9.17) is 0 Å². The van der Waals surface area contributed by atoms with Gasteiger partial charge in [0.1, 0.15) is 5.82 Å². The third-order valence-electron chi connectivity index (χ3n) is 5.71. The van der Waals surface area contributed by atoms with Gasteiger partial charge in [0.2, 0.25) is 5.91 Å². The van der Waals surface area contributed by atoms with E-state index in [0.717, 1.165) is 57.9 Å². The van der Waals surface area contributed by atoms with Gasteiger partial charge < -0.3 is 19.6 Å². The van der Waals surface area contributed by atoms with Crippen LogP contribution in [0.5, 0.6) is 0 Å². The second-order valence-corrected chi connectivity index (χ2v) is 7.63. The zero-order valence-corrected chi connectivity index (χ0v) is 16.0. The molecule has 1 aromatic carbocycles. The zero-order chi connectivity index (χ0) is 18.5. The molecule has 1 aromatic rings. The molecule has 0 N–H and O–H groups in total. The number of anilines is 1. The van der Waals surface area contributed by atoms with Gasteiger partial charge in [0.05, 0.1) is 0 Å². The number of rotatable bonds is 5. The fourth-order valence-corrected chi connectivity index (χ4v) is 3.96. The number of halogens is 1. The van der Waals surface area contributed by atoms with Gasteiger partial charge in [0.15, 0.2) is 0 Å². The summed E-state index contributed by atoms with van der Waals surface area (Å²) in [7, 11) is 4.29. The highest BCUT2D eigenvalue weighted by Crippen LogP contribution is 2.18. The first-order chi connectivity index (χ1) is 12.5. The van der Waals surface area contributed by atoms with Gasteiger partial charge in [0.25, 0.3) is 0 Å². The molecule has 0 aliphatic carbocycles. The van der Waals surface area contributed by atoms with Crippen LogP contribution in [0.4, 0.5) is 10.1 Å². The second kappa shape index (κ2) is 8.82. The minimum Gasteiger partial charge on any atom is -0.370 e. The molecule has 0 unspecified atom stereocenters. The van der Waals surface area contributed by atoms with E-state index in [-0.39, 0.29) is 11.7 Å². The maximum Gasteiger partial charge on any atom is 0.223 e. The van der Waals surface area contributed by atoms with E-state index in [1.165, 1.54) is 18.6 Å². The molecule has 6 heteroatoms. The first-order valence-corrected chi connectivity index (χ1v) is 9.70. The highest BCUT2D eigenvalue weighted by atomic mass is 19.1. The summed E-state index contributed by atoms with van der Waals surface area (Å²) in [5, 5.41) is 0. The van der Waals surface area contributed by atoms with E-state index in [0.29, 0.717) is 12.5 Å². The Hall–Kier alpha value is -1.66. The summed E-state index contributed by atoms with van der Waals surface area (Å²) in [6, 6.07) is 7.21. The number of amides is 1. The van der Waals surface area contributed by atoms with Crippen molar-refractivity contribution < 1.29 is 9.18 Å². The van der Waals surface area contributed by atoms with E-state index in [2.05, 4.69) is 28.8 Å². The van der Waals surface area contributed by atoms with Crippen molar-refractivity contribution >= 4 is 11.6 Å². The maximum absolute atomic E-state index is 13.1. The van der Waals surface area contributed by atoms with E-state index in [1.807, 2.05) is 17.0 Å². The Balaban J connectivity index is 1.46. The van der Waals surface area contributed by atoms with Crippen LogP contribution in [0.3, 0.4) is 0 Å². The topological polar surface area (TPSA) is 30.0 Å². The van der Waals surface area contributed by atoms with Crippen LogP contribution in [0.2, 0.25) is 0 Å². The lowest BCUT2D eigenvalue weighted by atomic mass is 10.2. The van der Waals surface area contributed by atoms with Gasteiger partial charge in [0, 0.05) is 57.4 Å². The van der Waals surface area contributed by atoms with E-state index < -0.39 is 0 Å². The number of hydrogen-bond acceptors (Lipinski definition) is 4. The van der Waals surface area contributed by atoms with Crippen LogP contribution in [0.25, 0.3) is 0 Å². The Morgan fingerprint density at radius 3 is 2.62 bits per heavy atom. The summed E-state index contributed by atoms with van der Waals surface area (Å²) in [5.74, 6) is 0.0436. The Bertz CT molecular complexity index is 594. The van der Waals surface area contributed by atoms with Gasteiger partial charge in [-0.3, -0.25) is 4.79 Å². The molecule has 2 fully saturated rings. The van der Waals surface area contributed by atoms with Crippen LogP contribution in [0.1, 0.15) is 19.3 Å². The molecule has 5 nitrogen and oxygen atoms in total. The molecule has 3 rings (SSSR count). The minimum absolute atomic E-state index is 0.210. The maximum atomic E-state index is 13.1.